The summed E-state index contributed by atoms with van der Waals surface area (Å²) in [5.41, 5.74) is 3.07. The van der Waals surface area contributed by atoms with Crippen LogP contribution in [-0.2, 0) is 12.0 Å². The van der Waals surface area contributed by atoms with Crippen molar-refractivity contribution in [3.8, 4) is 11.5 Å². The zero-order valence-corrected chi connectivity index (χ0v) is 13.6. The fourth-order valence-corrected chi connectivity index (χ4v) is 4.70. The van der Waals surface area contributed by atoms with E-state index in [1.54, 1.807) is 14.2 Å². The first kappa shape index (κ1) is 13.6. The highest BCUT2D eigenvalue weighted by Crippen LogP contribution is 2.51. The summed E-state index contributed by atoms with van der Waals surface area (Å²) in [6.45, 7) is 2.87. The predicted molar refractivity (Wildman–Crippen MR) is 85.1 cm³/mol. The van der Waals surface area contributed by atoms with E-state index in [4.69, 9.17) is 9.47 Å². The molecule has 5 heteroatoms. The van der Waals surface area contributed by atoms with Crippen molar-refractivity contribution >= 4 is 17.2 Å². The molecule has 1 aromatic heterocycles. The Morgan fingerprint density at radius 2 is 1.91 bits per heavy atom. The minimum Gasteiger partial charge on any atom is -0.493 e. The Kier molecular flexibility index (Phi) is 2.78. The topological polar surface area (TPSA) is 38.8 Å². The second-order valence-electron chi connectivity index (χ2n) is 5.81. The van der Waals surface area contributed by atoms with Gasteiger partial charge in [-0.05, 0) is 48.1 Å². The molecule has 22 heavy (non-hydrogen) atoms. The SMILES string of the molecule is COc1cc2c(cc1OC)C1(C)c3ccsc3C(=O)N1CC2. The van der Waals surface area contributed by atoms with Crippen LogP contribution in [0.5, 0.6) is 11.5 Å². The number of rotatable bonds is 2. The van der Waals surface area contributed by atoms with Crippen molar-refractivity contribution in [3.63, 3.8) is 0 Å². The molecule has 114 valence electrons. The maximum absolute atomic E-state index is 12.7. The van der Waals surface area contributed by atoms with E-state index >= 15 is 0 Å². The summed E-state index contributed by atoms with van der Waals surface area (Å²) in [5.74, 6) is 1.60. The van der Waals surface area contributed by atoms with Crippen LogP contribution in [0.1, 0.15) is 33.3 Å². The van der Waals surface area contributed by atoms with Gasteiger partial charge < -0.3 is 14.4 Å². The van der Waals surface area contributed by atoms with Gasteiger partial charge >= 0.3 is 0 Å². The normalized spacial score (nSPS) is 22.1. The van der Waals surface area contributed by atoms with E-state index < -0.39 is 5.54 Å². The summed E-state index contributed by atoms with van der Waals surface area (Å²) in [5, 5.41) is 2.00. The fourth-order valence-electron chi connectivity index (χ4n) is 3.76. The first-order chi connectivity index (χ1) is 10.6. The lowest BCUT2D eigenvalue weighted by Crippen LogP contribution is -2.47. The molecular formula is C17H17NO3S. The van der Waals surface area contributed by atoms with E-state index in [1.807, 2.05) is 22.4 Å². The fraction of sp³-hybridized carbons (Fsp3) is 0.353. The molecule has 4 rings (SSSR count). The molecule has 1 amide bonds. The van der Waals surface area contributed by atoms with Crippen molar-refractivity contribution in [2.75, 3.05) is 20.8 Å². The van der Waals surface area contributed by atoms with Crippen LogP contribution in [0.15, 0.2) is 23.6 Å². The van der Waals surface area contributed by atoms with Crippen molar-refractivity contribution in [2.24, 2.45) is 0 Å². The molecule has 1 aromatic carbocycles. The van der Waals surface area contributed by atoms with Gasteiger partial charge in [-0.2, -0.15) is 0 Å². The number of carbonyl (C=O) groups is 1. The zero-order chi connectivity index (χ0) is 15.5. The number of hydrogen-bond donors (Lipinski definition) is 0. The largest absolute Gasteiger partial charge is 0.493 e. The van der Waals surface area contributed by atoms with Gasteiger partial charge in [-0.3, -0.25) is 4.79 Å². The van der Waals surface area contributed by atoms with Crippen LogP contribution in [0.25, 0.3) is 0 Å². The van der Waals surface area contributed by atoms with Gasteiger partial charge in [0.25, 0.3) is 5.91 Å². The second-order valence-corrected chi connectivity index (χ2v) is 6.72. The highest BCUT2D eigenvalue weighted by atomic mass is 32.1. The summed E-state index contributed by atoms with van der Waals surface area (Å²) in [6.07, 6.45) is 0.839. The number of fused-ring (bicyclic) bond motifs is 5. The molecule has 0 spiro atoms. The highest BCUT2D eigenvalue weighted by molar-refractivity contribution is 7.12. The average Bonchev–Trinajstić information content (AvgIpc) is 3.10. The Labute approximate surface area is 133 Å². The van der Waals surface area contributed by atoms with Crippen molar-refractivity contribution in [1.29, 1.82) is 0 Å². The molecule has 1 atom stereocenters. The van der Waals surface area contributed by atoms with Crippen molar-refractivity contribution in [3.05, 3.63) is 45.1 Å². The van der Waals surface area contributed by atoms with Gasteiger partial charge in [0.2, 0.25) is 0 Å². The average molecular weight is 315 g/mol. The maximum Gasteiger partial charge on any atom is 0.265 e. The third kappa shape index (κ3) is 1.49. The van der Waals surface area contributed by atoms with E-state index in [1.165, 1.54) is 16.9 Å². The summed E-state index contributed by atoms with van der Waals surface area (Å²) in [4.78, 5) is 15.5. The van der Waals surface area contributed by atoms with E-state index in [2.05, 4.69) is 13.0 Å². The molecule has 0 fully saturated rings. The molecule has 2 aliphatic heterocycles. The molecule has 4 nitrogen and oxygen atoms in total. The number of nitrogens with zero attached hydrogens (tertiary/aromatic N) is 1. The Bertz CT molecular complexity index is 782. The van der Waals surface area contributed by atoms with Gasteiger partial charge in [-0.1, -0.05) is 0 Å². The summed E-state index contributed by atoms with van der Waals surface area (Å²) in [7, 11) is 3.29. The molecular weight excluding hydrogens is 298 g/mol. The first-order valence-electron chi connectivity index (χ1n) is 7.26. The van der Waals surface area contributed by atoms with Crippen molar-refractivity contribution in [1.82, 2.24) is 4.90 Å². The lowest BCUT2D eigenvalue weighted by atomic mass is 9.79. The highest BCUT2D eigenvalue weighted by Gasteiger charge is 2.51. The standard InChI is InChI=1S/C17H17NO3S/c1-17-11-5-7-22-15(11)16(19)18(17)6-4-10-8-13(20-2)14(21-3)9-12(10)17/h5,7-9H,4,6H2,1-3H3. The summed E-state index contributed by atoms with van der Waals surface area (Å²) >= 11 is 1.53. The molecule has 1 unspecified atom stereocenters. The van der Waals surface area contributed by atoms with Gasteiger partial charge in [0.1, 0.15) is 0 Å². The van der Waals surface area contributed by atoms with Crippen LogP contribution in [0, 0.1) is 0 Å². The van der Waals surface area contributed by atoms with Crippen LogP contribution in [0.2, 0.25) is 0 Å². The van der Waals surface area contributed by atoms with E-state index in [0.29, 0.717) is 5.75 Å². The lowest BCUT2D eigenvalue weighted by molar-refractivity contribution is 0.0632. The Balaban J connectivity index is 1.98. The van der Waals surface area contributed by atoms with Crippen LogP contribution in [-0.4, -0.2) is 31.6 Å². The molecule has 0 saturated carbocycles. The quantitative estimate of drug-likeness (QED) is 0.855. The van der Waals surface area contributed by atoms with Gasteiger partial charge in [0, 0.05) is 12.1 Å². The number of methoxy groups -OCH3 is 2. The first-order valence-corrected chi connectivity index (χ1v) is 8.14. The summed E-state index contributed by atoms with van der Waals surface area (Å²) < 4.78 is 10.9. The smallest absolute Gasteiger partial charge is 0.265 e. The van der Waals surface area contributed by atoms with Crippen molar-refractivity contribution in [2.45, 2.75) is 18.9 Å². The molecule has 0 saturated heterocycles. The van der Waals surface area contributed by atoms with E-state index in [9.17, 15) is 4.79 Å². The Morgan fingerprint density at radius 1 is 1.18 bits per heavy atom. The van der Waals surface area contributed by atoms with Gasteiger partial charge in [-0.15, -0.1) is 11.3 Å². The minimum atomic E-state index is -0.403. The lowest BCUT2D eigenvalue weighted by Gasteiger charge is -2.42. The Morgan fingerprint density at radius 3 is 2.64 bits per heavy atom. The molecule has 3 heterocycles. The molecule has 0 N–H and O–H groups in total. The molecule has 2 aromatic rings. The number of thiophene rings is 1. The van der Waals surface area contributed by atoms with Crippen LogP contribution in [0.4, 0.5) is 0 Å². The van der Waals surface area contributed by atoms with Crippen LogP contribution < -0.4 is 9.47 Å². The molecule has 0 aliphatic carbocycles. The number of amides is 1. The van der Waals surface area contributed by atoms with Gasteiger partial charge in [0.15, 0.2) is 11.5 Å². The Hall–Kier alpha value is -2.01. The number of benzene rings is 1. The second kappa shape index (κ2) is 4.49. The monoisotopic (exact) mass is 315 g/mol. The van der Waals surface area contributed by atoms with E-state index in [0.717, 1.165) is 34.7 Å². The van der Waals surface area contributed by atoms with Gasteiger partial charge in [-0.25, -0.2) is 0 Å². The number of carbonyl (C=O) groups excluding carboxylic acids is 1. The molecule has 0 radical (unpaired) electrons. The van der Waals surface area contributed by atoms with Gasteiger partial charge in [0.05, 0.1) is 24.6 Å². The van der Waals surface area contributed by atoms with Crippen molar-refractivity contribution < 1.29 is 14.3 Å². The van der Waals surface area contributed by atoms with Crippen LogP contribution >= 0.6 is 11.3 Å². The zero-order valence-electron chi connectivity index (χ0n) is 12.8. The molecule has 0 bridgehead atoms. The number of hydrogen-bond acceptors (Lipinski definition) is 4. The third-order valence-corrected chi connectivity index (χ3v) is 5.81. The molecule has 2 aliphatic rings. The predicted octanol–water partition coefficient (Wildman–Crippen LogP) is 3.04. The minimum absolute atomic E-state index is 0.146. The summed E-state index contributed by atoms with van der Waals surface area (Å²) in [6, 6.07) is 6.15. The van der Waals surface area contributed by atoms with E-state index in [-0.39, 0.29) is 5.91 Å². The number of ether oxygens (including phenoxy) is 2. The third-order valence-electron chi connectivity index (χ3n) is 4.91. The van der Waals surface area contributed by atoms with Crippen LogP contribution in [0.3, 0.4) is 0 Å². The maximum atomic E-state index is 12.7.